The normalized spacial score (nSPS) is 11.3. The molecule has 0 unspecified atom stereocenters. The fraction of sp³-hybridized carbons (Fsp3) is 0.471. The number of nitrogens with zero attached hydrogens (tertiary/aromatic N) is 3. The van der Waals surface area contributed by atoms with Crippen molar-refractivity contribution >= 4 is 16.6 Å². The van der Waals surface area contributed by atoms with Gasteiger partial charge in [0.2, 0.25) is 0 Å². The SMILES string of the molecule is CCCN(CCN(C)C)c1cc(CN)nc2ccccc12. The van der Waals surface area contributed by atoms with E-state index in [9.17, 15) is 0 Å². The van der Waals surface area contributed by atoms with E-state index in [0.29, 0.717) is 6.54 Å². The van der Waals surface area contributed by atoms with Gasteiger partial charge < -0.3 is 15.5 Å². The van der Waals surface area contributed by atoms with Crippen molar-refractivity contribution < 1.29 is 0 Å². The molecular weight excluding hydrogens is 260 g/mol. The largest absolute Gasteiger partial charge is 0.370 e. The quantitative estimate of drug-likeness (QED) is 0.849. The minimum Gasteiger partial charge on any atom is -0.370 e. The summed E-state index contributed by atoms with van der Waals surface area (Å²) in [4.78, 5) is 9.30. The van der Waals surface area contributed by atoms with E-state index in [2.05, 4.69) is 60.1 Å². The lowest BCUT2D eigenvalue weighted by atomic mass is 10.1. The number of rotatable bonds is 7. The predicted molar refractivity (Wildman–Crippen MR) is 90.7 cm³/mol. The van der Waals surface area contributed by atoms with Gasteiger partial charge in [-0.25, -0.2) is 0 Å². The van der Waals surface area contributed by atoms with Crippen molar-refractivity contribution in [2.24, 2.45) is 5.73 Å². The monoisotopic (exact) mass is 286 g/mol. The summed E-state index contributed by atoms with van der Waals surface area (Å²) >= 11 is 0. The Balaban J connectivity index is 2.44. The zero-order valence-electron chi connectivity index (χ0n) is 13.3. The first-order valence-corrected chi connectivity index (χ1v) is 7.64. The van der Waals surface area contributed by atoms with Crippen LogP contribution in [0.2, 0.25) is 0 Å². The molecule has 4 nitrogen and oxygen atoms in total. The summed E-state index contributed by atoms with van der Waals surface area (Å²) in [6, 6.07) is 10.5. The molecule has 0 radical (unpaired) electrons. The molecule has 0 saturated heterocycles. The van der Waals surface area contributed by atoms with Crippen LogP contribution in [0.15, 0.2) is 30.3 Å². The van der Waals surface area contributed by atoms with E-state index in [-0.39, 0.29) is 0 Å². The lowest BCUT2D eigenvalue weighted by molar-refractivity contribution is 0.413. The molecule has 4 heteroatoms. The maximum atomic E-state index is 5.82. The van der Waals surface area contributed by atoms with E-state index in [1.54, 1.807) is 0 Å². The first-order chi connectivity index (χ1) is 10.2. The van der Waals surface area contributed by atoms with Crippen molar-refractivity contribution in [2.45, 2.75) is 19.9 Å². The van der Waals surface area contributed by atoms with Crippen LogP contribution in [0, 0.1) is 0 Å². The molecule has 0 aliphatic carbocycles. The van der Waals surface area contributed by atoms with Crippen molar-refractivity contribution in [3.05, 3.63) is 36.0 Å². The van der Waals surface area contributed by atoms with E-state index in [0.717, 1.165) is 37.3 Å². The van der Waals surface area contributed by atoms with Gasteiger partial charge in [-0.1, -0.05) is 25.1 Å². The number of likely N-dealkylation sites (N-methyl/N-ethyl adjacent to an activating group) is 1. The number of benzene rings is 1. The molecule has 114 valence electrons. The number of aromatic nitrogens is 1. The Labute approximate surface area is 127 Å². The molecule has 0 spiro atoms. The van der Waals surface area contributed by atoms with E-state index in [1.807, 2.05) is 6.07 Å². The first kappa shape index (κ1) is 15.7. The molecule has 1 aromatic heterocycles. The van der Waals surface area contributed by atoms with Crippen LogP contribution >= 0.6 is 0 Å². The molecule has 2 rings (SSSR count). The minimum absolute atomic E-state index is 0.478. The minimum atomic E-state index is 0.478. The van der Waals surface area contributed by atoms with Crippen molar-refractivity contribution in [2.75, 3.05) is 38.6 Å². The van der Waals surface area contributed by atoms with E-state index in [1.165, 1.54) is 11.1 Å². The van der Waals surface area contributed by atoms with Crippen molar-refractivity contribution in [1.29, 1.82) is 0 Å². The number of hydrogen-bond donors (Lipinski definition) is 1. The second kappa shape index (κ2) is 7.38. The third kappa shape index (κ3) is 3.93. The number of fused-ring (bicyclic) bond motifs is 1. The summed E-state index contributed by atoms with van der Waals surface area (Å²) < 4.78 is 0. The lowest BCUT2D eigenvalue weighted by Gasteiger charge is -2.27. The molecule has 1 aromatic carbocycles. The fourth-order valence-electron chi connectivity index (χ4n) is 2.52. The van der Waals surface area contributed by atoms with Gasteiger partial charge in [0.1, 0.15) is 0 Å². The van der Waals surface area contributed by atoms with Gasteiger partial charge in [0.15, 0.2) is 0 Å². The molecule has 2 aromatic rings. The molecule has 2 N–H and O–H groups in total. The molecule has 21 heavy (non-hydrogen) atoms. The van der Waals surface area contributed by atoms with Gasteiger partial charge in [0, 0.05) is 37.3 Å². The number of nitrogens with two attached hydrogens (primary N) is 1. The standard InChI is InChI=1S/C17H26N4/c1-4-9-21(11-10-20(2)3)17-12-14(13-18)19-16-8-6-5-7-15(16)17/h5-8,12H,4,9-11,13,18H2,1-3H3. The van der Waals surface area contributed by atoms with Crippen LogP contribution in [0.4, 0.5) is 5.69 Å². The molecular formula is C17H26N4. The summed E-state index contributed by atoms with van der Waals surface area (Å²) in [5.41, 5.74) is 9.05. The van der Waals surface area contributed by atoms with Gasteiger partial charge in [-0.3, -0.25) is 4.98 Å². The number of anilines is 1. The topological polar surface area (TPSA) is 45.4 Å². The van der Waals surface area contributed by atoms with Crippen LogP contribution in [-0.2, 0) is 6.54 Å². The highest BCUT2D eigenvalue weighted by atomic mass is 15.2. The summed E-state index contributed by atoms with van der Waals surface area (Å²) in [6.07, 6.45) is 1.13. The first-order valence-electron chi connectivity index (χ1n) is 7.64. The average molecular weight is 286 g/mol. The highest BCUT2D eigenvalue weighted by molar-refractivity contribution is 5.92. The maximum absolute atomic E-state index is 5.82. The Morgan fingerprint density at radius 2 is 1.86 bits per heavy atom. The van der Waals surface area contributed by atoms with Crippen LogP contribution in [0.25, 0.3) is 10.9 Å². The molecule has 1 heterocycles. The number of para-hydroxylation sites is 1. The average Bonchev–Trinajstić information content (AvgIpc) is 2.50. The van der Waals surface area contributed by atoms with Crippen LogP contribution < -0.4 is 10.6 Å². The second-order valence-electron chi connectivity index (χ2n) is 5.64. The van der Waals surface area contributed by atoms with Crippen LogP contribution in [0.5, 0.6) is 0 Å². The van der Waals surface area contributed by atoms with Gasteiger partial charge >= 0.3 is 0 Å². The predicted octanol–water partition coefficient (Wildman–Crippen LogP) is 2.47. The highest BCUT2D eigenvalue weighted by Crippen LogP contribution is 2.27. The van der Waals surface area contributed by atoms with Crippen molar-refractivity contribution in [3.63, 3.8) is 0 Å². The smallest absolute Gasteiger partial charge is 0.0726 e. The third-order valence-corrected chi connectivity index (χ3v) is 3.61. The van der Waals surface area contributed by atoms with E-state index in [4.69, 9.17) is 5.73 Å². The van der Waals surface area contributed by atoms with Crippen LogP contribution in [0.1, 0.15) is 19.0 Å². The van der Waals surface area contributed by atoms with Crippen LogP contribution in [0.3, 0.4) is 0 Å². The maximum Gasteiger partial charge on any atom is 0.0726 e. The Kier molecular flexibility index (Phi) is 5.53. The Morgan fingerprint density at radius 1 is 1.10 bits per heavy atom. The van der Waals surface area contributed by atoms with Gasteiger partial charge in [0.05, 0.1) is 11.2 Å². The van der Waals surface area contributed by atoms with Gasteiger partial charge in [-0.15, -0.1) is 0 Å². The highest BCUT2D eigenvalue weighted by Gasteiger charge is 2.12. The third-order valence-electron chi connectivity index (χ3n) is 3.61. The van der Waals surface area contributed by atoms with E-state index >= 15 is 0 Å². The Hall–Kier alpha value is -1.65. The molecule has 0 aliphatic heterocycles. The molecule has 0 fully saturated rings. The molecule has 0 aliphatic rings. The summed E-state index contributed by atoms with van der Waals surface area (Å²) in [7, 11) is 4.22. The Bertz CT molecular complexity index is 580. The van der Waals surface area contributed by atoms with Gasteiger partial charge in [-0.2, -0.15) is 0 Å². The molecule has 0 bridgehead atoms. The van der Waals surface area contributed by atoms with Crippen molar-refractivity contribution in [3.8, 4) is 0 Å². The fourth-order valence-corrected chi connectivity index (χ4v) is 2.52. The summed E-state index contributed by atoms with van der Waals surface area (Å²) in [5.74, 6) is 0. The van der Waals surface area contributed by atoms with Crippen molar-refractivity contribution in [1.82, 2.24) is 9.88 Å². The number of pyridine rings is 1. The molecule has 0 amide bonds. The summed E-state index contributed by atoms with van der Waals surface area (Å²) in [6.45, 7) is 5.79. The van der Waals surface area contributed by atoms with E-state index < -0.39 is 0 Å². The second-order valence-corrected chi connectivity index (χ2v) is 5.64. The molecule has 0 saturated carbocycles. The lowest BCUT2D eigenvalue weighted by Crippen LogP contribution is -2.32. The van der Waals surface area contributed by atoms with Gasteiger partial charge in [-0.05, 0) is 32.6 Å². The zero-order chi connectivity index (χ0) is 15.2. The number of hydrogen-bond acceptors (Lipinski definition) is 4. The Morgan fingerprint density at radius 3 is 2.52 bits per heavy atom. The zero-order valence-corrected chi connectivity index (χ0v) is 13.3. The van der Waals surface area contributed by atoms with Crippen LogP contribution in [-0.4, -0.2) is 43.6 Å². The molecule has 0 atom stereocenters. The van der Waals surface area contributed by atoms with Gasteiger partial charge in [0.25, 0.3) is 0 Å². The summed E-state index contributed by atoms with van der Waals surface area (Å²) in [5, 5.41) is 1.21.